The van der Waals surface area contributed by atoms with Crippen molar-refractivity contribution in [2.75, 3.05) is 25.0 Å². The predicted molar refractivity (Wildman–Crippen MR) is 91.9 cm³/mol. The Morgan fingerprint density at radius 2 is 1.83 bits per heavy atom. The number of ether oxygens (including phenoxy) is 1. The molecule has 1 fully saturated rings. The van der Waals surface area contributed by atoms with E-state index >= 15 is 0 Å². The molecule has 1 saturated heterocycles. The van der Waals surface area contributed by atoms with Crippen LogP contribution < -0.4 is 4.90 Å². The molecule has 3 amide bonds. The molecular weight excluding hydrogens is 306 g/mol. The maximum Gasteiger partial charge on any atom is 0.410 e. The van der Waals surface area contributed by atoms with E-state index in [9.17, 15) is 9.59 Å². The van der Waals surface area contributed by atoms with Crippen molar-refractivity contribution >= 4 is 17.8 Å². The van der Waals surface area contributed by atoms with Crippen molar-refractivity contribution in [2.45, 2.75) is 45.9 Å². The lowest BCUT2D eigenvalue weighted by Gasteiger charge is -2.33. The Hall–Kier alpha value is -2.24. The zero-order chi connectivity index (χ0) is 17.5. The van der Waals surface area contributed by atoms with E-state index in [1.807, 2.05) is 46.0 Å². The van der Waals surface area contributed by atoms with Crippen molar-refractivity contribution in [2.24, 2.45) is 0 Å². The summed E-state index contributed by atoms with van der Waals surface area (Å²) in [6.07, 6.45) is 0.664. The number of nitrogens with zero attached hydrogens (tertiary/aromatic N) is 3. The summed E-state index contributed by atoms with van der Waals surface area (Å²) in [6, 6.07) is 6.03. The fourth-order valence-corrected chi connectivity index (χ4v) is 3.11. The average molecular weight is 331 g/mol. The van der Waals surface area contributed by atoms with Crippen LogP contribution in [0.5, 0.6) is 0 Å². The summed E-state index contributed by atoms with van der Waals surface area (Å²) in [7, 11) is 1.83. The predicted octanol–water partition coefficient (Wildman–Crippen LogP) is 3.20. The lowest BCUT2D eigenvalue weighted by molar-refractivity contribution is 0.0242. The van der Waals surface area contributed by atoms with E-state index in [4.69, 9.17) is 4.74 Å². The highest BCUT2D eigenvalue weighted by Crippen LogP contribution is 2.29. The van der Waals surface area contributed by atoms with Crippen molar-refractivity contribution in [1.29, 1.82) is 0 Å². The molecule has 0 radical (unpaired) electrons. The number of carbonyl (C=O) groups is 2. The summed E-state index contributed by atoms with van der Waals surface area (Å²) in [5, 5.41) is 0. The molecule has 0 bridgehead atoms. The first kappa shape index (κ1) is 16.6. The summed E-state index contributed by atoms with van der Waals surface area (Å²) < 4.78 is 5.45. The molecule has 2 aliphatic rings. The van der Waals surface area contributed by atoms with Gasteiger partial charge in [0.2, 0.25) is 0 Å². The number of hydrogen-bond donors (Lipinski definition) is 0. The Labute approximate surface area is 143 Å². The van der Waals surface area contributed by atoms with Gasteiger partial charge in [0.15, 0.2) is 0 Å². The smallest absolute Gasteiger partial charge is 0.410 e. The van der Waals surface area contributed by atoms with E-state index in [0.29, 0.717) is 13.1 Å². The lowest BCUT2D eigenvalue weighted by atomic mass is 10.1. The zero-order valence-corrected chi connectivity index (χ0v) is 14.8. The Balaban J connectivity index is 1.74. The van der Waals surface area contributed by atoms with E-state index in [1.54, 1.807) is 14.7 Å². The van der Waals surface area contributed by atoms with Crippen molar-refractivity contribution in [3.63, 3.8) is 0 Å². The van der Waals surface area contributed by atoms with Gasteiger partial charge in [-0.3, -0.25) is 9.80 Å². The number of benzene rings is 1. The second-order valence-electron chi connectivity index (χ2n) is 7.50. The number of urea groups is 1. The van der Waals surface area contributed by atoms with Crippen LogP contribution in [0.4, 0.5) is 15.3 Å². The van der Waals surface area contributed by atoms with Gasteiger partial charge in [-0.25, -0.2) is 9.59 Å². The molecule has 0 N–H and O–H groups in total. The fourth-order valence-electron chi connectivity index (χ4n) is 3.11. The highest BCUT2D eigenvalue weighted by molar-refractivity contribution is 5.92. The van der Waals surface area contributed by atoms with E-state index in [1.165, 1.54) is 0 Å². The van der Waals surface area contributed by atoms with Crippen molar-refractivity contribution < 1.29 is 14.3 Å². The van der Waals surface area contributed by atoms with Crippen LogP contribution in [0.3, 0.4) is 0 Å². The van der Waals surface area contributed by atoms with Crippen molar-refractivity contribution in [3.8, 4) is 0 Å². The largest absolute Gasteiger partial charge is 0.444 e. The number of carbonyl (C=O) groups excluding carboxylic acids is 2. The molecule has 0 saturated carbocycles. The van der Waals surface area contributed by atoms with Gasteiger partial charge in [0, 0.05) is 38.9 Å². The topological polar surface area (TPSA) is 53.1 Å². The molecule has 0 atom stereocenters. The van der Waals surface area contributed by atoms with Crippen LogP contribution in [0.15, 0.2) is 18.2 Å². The summed E-state index contributed by atoms with van der Waals surface area (Å²) in [5.74, 6) is 0. The molecule has 1 aromatic rings. The maximum atomic E-state index is 12.3. The van der Waals surface area contributed by atoms with Gasteiger partial charge in [0.1, 0.15) is 5.60 Å². The van der Waals surface area contributed by atoms with Gasteiger partial charge in [0.05, 0.1) is 0 Å². The Bertz CT molecular complexity index is 666. The summed E-state index contributed by atoms with van der Waals surface area (Å²) in [4.78, 5) is 29.8. The average Bonchev–Trinajstić information content (AvgIpc) is 2.91. The molecule has 3 rings (SSSR count). The zero-order valence-electron chi connectivity index (χ0n) is 14.8. The van der Waals surface area contributed by atoms with Crippen LogP contribution in [0, 0.1) is 0 Å². The van der Waals surface area contributed by atoms with Crippen LogP contribution in [-0.2, 0) is 17.8 Å². The first-order chi connectivity index (χ1) is 11.2. The molecular formula is C18H25N3O3. The Morgan fingerprint density at radius 1 is 1.12 bits per heavy atom. The number of anilines is 1. The third-order valence-electron chi connectivity index (χ3n) is 4.31. The van der Waals surface area contributed by atoms with Gasteiger partial charge in [-0.05, 0) is 50.5 Å². The standard InChI is InChI=1S/C18H25N3O3/c1-18(2,3)24-17(23)20-11-13-6-7-15(10-14(13)12-20)21-9-5-8-19(4)16(21)22/h6-7,10H,5,8-9,11-12H2,1-4H3. The van der Waals surface area contributed by atoms with E-state index in [2.05, 4.69) is 0 Å². The first-order valence-electron chi connectivity index (χ1n) is 8.37. The first-order valence-corrected chi connectivity index (χ1v) is 8.37. The maximum absolute atomic E-state index is 12.3. The summed E-state index contributed by atoms with van der Waals surface area (Å²) >= 11 is 0. The van der Waals surface area contributed by atoms with E-state index < -0.39 is 5.60 Å². The van der Waals surface area contributed by atoms with Crippen LogP contribution in [-0.4, -0.2) is 47.7 Å². The molecule has 0 unspecified atom stereocenters. The summed E-state index contributed by atoms with van der Waals surface area (Å²) in [6.45, 7) is 8.21. The van der Waals surface area contributed by atoms with Gasteiger partial charge in [-0.1, -0.05) is 6.07 Å². The molecule has 0 aliphatic carbocycles. The molecule has 0 aromatic heterocycles. The van der Waals surface area contributed by atoms with Crippen LogP contribution in [0.2, 0.25) is 0 Å². The number of hydrogen-bond acceptors (Lipinski definition) is 3. The molecule has 24 heavy (non-hydrogen) atoms. The van der Waals surface area contributed by atoms with Gasteiger partial charge >= 0.3 is 12.1 Å². The lowest BCUT2D eigenvalue weighted by Crippen LogP contribution is -2.47. The molecule has 2 heterocycles. The third-order valence-corrected chi connectivity index (χ3v) is 4.31. The van der Waals surface area contributed by atoms with Crippen molar-refractivity contribution in [1.82, 2.24) is 9.80 Å². The van der Waals surface area contributed by atoms with Crippen LogP contribution in [0.1, 0.15) is 38.3 Å². The highest BCUT2D eigenvalue weighted by atomic mass is 16.6. The molecule has 130 valence electrons. The monoisotopic (exact) mass is 331 g/mol. The molecule has 2 aliphatic heterocycles. The second kappa shape index (κ2) is 6.00. The van der Waals surface area contributed by atoms with Gasteiger partial charge in [-0.2, -0.15) is 0 Å². The van der Waals surface area contributed by atoms with E-state index in [-0.39, 0.29) is 12.1 Å². The molecule has 6 nitrogen and oxygen atoms in total. The fraction of sp³-hybridized carbons (Fsp3) is 0.556. The quantitative estimate of drug-likeness (QED) is 0.794. The molecule has 0 spiro atoms. The van der Waals surface area contributed by atoms with Gasteiger partial charge in [-0.15, -0.1) is 0 Å². The van der Waals surface area contributed by atoms with Gasteiger partial charge < -0.3 is 9.64 Å². The third kappa shape index (κ3) is 3.32. The molecule has 1 aromatic carbocycles. The Kier molecular flexibility index (Phi) is 4.15. The van der Waals surface area contributed by atoms with Crippen LogP contribution in [0.25, 0.3) is 0 Å². The Morgan fingerprint density at radius 3 is 2.54 bits per heavy atom. The minimum Gasteiger partial charge on any atom is -0.444 e. The molecule has 6 heteroatoms. The SMILES string of the molecule is CN1CCCN(c2ccc3c(c2)CN(C(=O)OC(C)(C)C)C3)C1=O. The minimum absolute atomic E-state index is 0.0307. The number of rotatable bonds is 1. The van der Waals surface area contributed by atoms with Crippen LogP contribution >= 0.6 is 0 Å². The minimum atomic E-state index is -0.498. The number of amides is 3. The van der Waals surface area contributed by atoms with Gasteiger partial charge in [0.25, 0.3) is 0 Å². The van der Waals surface area contributed by atoms with E-state index in [0.717, 1.165) is 36.3 Å². The normalized spacial score (nSPS) is 18.0. The second-order valence-corrected chi connectivity index (χ2v) is 7.50. The summed E-state index contributed by atoms with van der Waals surface area (Å²) in [5.41, 5.74) is 2.60. The highest BCUT2D eigenvalue weighted by Gasteiger charge is 2.29. The van der Waals surface area contributed by atoms with Crippen molar-refractivity contribution in [3.05, 3.63) is 29.3 Å². The number of fused-ring (bicyclic) bond motifs is 1.